The van der Waals surface area contributed by atoms with Crippen LogP contribution in [-0.2, 0) is 60.4 Å². The van der Waals surface area contributed by atoms with Crippen molar-refractivity contribution in [2.75, 3.05) is 18.8 Å². The van der Waals surface area contributed by atoms with E-state index in [1.54, 1.807) is 38.1 Å². The number of aromatic nitrogens is 1. The van der Waals surface area contributed by atoms with Gasteiger partial charge in [-0.2, -0.15) is 0 Å². The molecule has 63 heavy (non-hydrogen) atoms. The Morgan fingerprint density at radius 3 is 2.25 bits per heavy atom. The average Bonchev–Trinajstić information content (AvgIpc) is 3.83. The molecule has 5 rings (SSSR count). The Balaban J connectivity index is 1.72. The number of nitrogens with zero attached hydrogens (tertiary/aromatic N) is 1. The van der Waals surface area contributed by atoms with Crippen molar-refractivity contribution in [3.8, 4) is 0 Å². The van der Waals surface area contributed by atoms with Gasteiger partial charge in [-0.1, -0.05) is 65.7 Å². The van der Waals surface area contributed by atoms with E-state index in [2.05, 4.69) is 26.3 Å². The lowest BCUT2D eigenvalue weighted by molar-refractivity contribution is -0.145. The van der Waals surface area contributed by atoms with E-state index in [1.807, 2.05) is 20.8 Å². The predicted octanol–water partition coefficient (Wildman–Crippen LogP) is 0.481. The fraction of sp³-hybridized carbons (Fsp3) is 0.614. The first kappa shape index (κ1) is 48.7. The first-order valence-electron chi connectivity index (χ1n) is 21.8. The number of amides is 6. The van der Waals surface area contributed by atoms with E-state index < -0.39 is 150 Å². The minimum atomic E-state index is -2.14. The summed E-state index contributed by atoms with van der Waals surface area (Å²) < 4.78 is 14.7. The Kier molecular flexibility index (Phi) is 16.5. The van der Waals surface area contributed by atoms with Crippen LogP contribution in [0.3, 0.4) is 0 Å². The number of carbonyl (C=O) groups excluding carboxylic acids is 9. The number of fused-ring (bicyclic) bond motifs is 5. The quantitative estimate of drug-likeness (QED) is 0.201. The van der Waals surface area contributed by atoms with Gasteiger partial charge in [-0.25, -0.2) is 0 Å². The number of nitrogens with two attached hydrogens (primary N) is 1. The summed E-state index contributed by atoms with van der Waals surface area (Å²) in [7, 11) is -2.14. The van der Waals surface area contributed by atoms with E-state index in [0.717, 1.165) is 4.90 Å². The summed E-state index contributed by atoms with van der Waals surface area (Å²) in [5, 5.41) is 22.2. The molecule has 1 aromatic heterocycles. The van der Waals surface area contributed by atoms with Crippen molar-refractivity contribution >= 4 is 74.5 Å². The van der Waals surface area contributed by atoms with Crippen LogP contribution >= 0.6 is 0 Å². The number of ketones is 3. The van der Waals surface area contributed by atoms with Gasteiger partial charge in [0.05, 0.1) is 53.2 Å². The van der Waals surface area contributed by atoms with Crippen LogP contribution in [0.15, 0.2) is 29.3 Å². The number of nitrogens with one attached hydrogen (secondary N) is 5. The lowest BCUT2D eigenvalue weighted by Crippen LogP contribution is -2.55. The maximum absolute atomic E-state index is 14.7. The van der Waals surface area contributed by atoms with E-state index in [1.165, 1.54) is 0 Å². The molecule has 1 fully saturated rings. The van der Waals surface area contributed by atoms with Crippen LogP contribution in [-0.4, -0.2) is 121 Å². The number of H-pyrrole nitrogens is 1. The molecule has 2 aromatic rings. The number of para-hydroxylation sites is 1. The van der Waals surface area contributed by atoms with Crippen molar-refractivity contribution in [3.63, 3.8) is 0 Å². The molecular formula is C44H61N7O11S. The molecule has 3 unspecified atom stereocenters. The highest BCUT2D eigenvalue weighted by atomic mass is 32.2. The molecule has 19 heteroatoms. The summed E-state index contributed by atoms with van der Waals surface area (Å²) in [4.78, 5) is 129. The summed E-state index contributed by atoms with van der Waals surface area (Å²) >= 11 is 0. The number of rotatable bonds is 7. The number of hydrogen-bond acceptors (Lipinski definition) is 11. The van der Waals surface area contributed by atoms with E-state index in [0.29, 0.717) is 29.3 Å². The van der Waals surface area contributed by atoms with Gasteiger partial charge in [-0.05, 0) is 35.8 Å². The number of aliphatic hydroxyl groups is 1. The summed E-state index contributed by atoms with van der Waals surface area (Å²) in [6.07, 6.45) is -3.10. The number of aromatic amines is 1. The first-order valence-corrected chi connectivity index (χ1v) is 23.1. The fourth-order valence-electron chi connectivity index (χ4n) is 8.74. The summed E-state index contributed by atoms with van der Waals surface area (Å²) in [5.41, 5.74) is 6.47. The van der Waals surface area contributed by atoms with E-state index in [9.17, 15) is 52.5 Å². The molecular weight excluding hydrogens is 835 g/mol. The summed E-state index contributed by atoms with van der Waals surface area (Å²) in [6.45, 7) is 8.27. The third-order valence-corrected chi connectivity index (χ3v) is 14.5. The minimum absolute atomic E-state index is 0.0940. The molecule has 0 spiro atoms. The van der Waals surface area contributed by atoms with Crippen LogP contribution in [0.4, 0.5) is 0 Å². The molecule has 1 aromatic carbocycles. The van der Waals surface area contributed by atoms with Crippen LogP contribution in [0.5, 0.6) is 0 Å². The molecule has 3 aliphatic heterocycles. The monoisotopic (exact) mass is 895 g/mol. The normalized spacial score (nSPS) is 29.1. The molecule has 1 saturated heterocycles. The number of primary amides is 1. The van der Waals surface area contributed by atoms with E-state index in [4.69, 9.17) is 5.73 Å². The zero-order valence-electron chi connectivity index (χ0n) is 36.5. The van der Waals surface area contributed by atoms with Gasteiger partial charge in [-0.15, -0.1) is 0 Å². The van der Waals surface area contributed by atoms with Crippen LogP contribution < -0.4 is 27.0 Å². The maximum atomic E-state index is 14.7. The number of carbonyl (C=O) groups is 9. The van der Waals surface area contributed by atoms with E-state index >= 15 is 0 Å². The largest absolute Gasteiger partial charge is 0.391 e. The molecule has 4 heterocycles. The second kappa shape index (κ2) is 21.4. The molecule has 0 saturated carbocycles. The second-order valence-electron chi connectivity index (χ2n) is 17.5. The molecule has 2 bridgehead atoms. The Morgan fingerprint density at radius 1 is 0.857 bits per heavy atom. The van der Waals surface area contributed by atoms with Gasteiger partial charge in [0.1, 0.15) is 11.1 Å². The molecule has 11 atom stereocenters. The number of hydrogen-bond donors (Lipinski definition) is 7. The molecule has 8 N–H and O–H groups in total. The van der Waals surface area contributed by atoms with Gasteiger partial charge in [0.15, 0.2) is 17.3 Å². The maximum Gasteiger partial charge on any atom is 0.243 e. The molecule has 6 amide bonds. The highest BCUT2D eigenvalue weighted by Gasteiger charge is 2.45. The molecule has 0 radical (unpaired) electrons. The number of Topliss-reactive ketones (excluding diaryl/α,β-unsaturated/α-hetero) is 3. The van der Waals surface area contributed by atoms with Crippen molar-refractivity contribution in [3.05, 3.63) is 29.8 Å². The van der Waals surface area contributed by atoms with Gasteiger partial charge in [0, 0.05) is 61.9 Å². The topological polar surface area (TPSA) is 284 Å². The van der Waals surface area contributed by atoms with Crippen LogP contribution in [0.25, 0.3) is 10.9 Å². The number of aliphatic hydroxyl groups excluding tert-OH is 1. The molecule has 3 aliphatic rings. The van der Waals surface area contributed by atoms with Crippen molar-refractivity contribution < 1.29 is 52.5 Å². The summed E-state index contributed by atoms with van der Waals surface area (Å²) in [6, 6.07) is 1.80. The molecule has 18 nitrogen and oxygen atoms in total. The van der Waals surface area contributed by atoms with E-state index in [-0.39, 0.29) is 42.7 Å². The second-order valence-corrected chi connectivity index (χ2v) is 18.9. The average molecular weight is 896 g/mol. The Labute approximate surface area is 368 Å². The smallest absolute Gasteiger partial charge is 0.243 e. The first-order chi connectivity index (χ1) is 29.8. The lowest BCUT2D eigenvalue weighted by atomic mass is 9.81. The van der Waals surface area contributed by atoms with Crippen LogP contribution in [0.2, 0.25) is 0 Å². The summed E-state index contributed by atoms with van der Waals surface area (Å²) in [5.74, 6) is -10.8. The third-order valence-electron chi connectivity index (χ3n) is 13.0. The van der Waals surface area contributed by atoms with Crippen molar-refractivity contribution in [2.45, 2.75) is 128 Å². The fourth-order valence-corrected chi connectivity index (χ4v) is 10.2. The van der Waals surface area contributed by atoms with Crippen molar-refractivity contribution in [1.29, 1.82) is 0 Å². The van der Waals surface area contributed by atoms with Gasteiger partial charge in [0.25, 0.3) is 0 Å². The van der Waals surface area contributed by atoms with Crippen LogP contribution in [0.1, 0.15) is 91.5 Å². The van der Waals surface area contributed by atoms with Gasteiger partial charge < -0.3 is 42.0 Å². The van der Waals surface area contributed by atoms with Crippen LogP contribution in [0, 0.1) is 29.6 Å². The van der Waals surface area contributed by atoms with Crippen molar-refractivity contribution in [2.24, 2.45) is 35.3 Å². The molecule has 0 aliphatic carbocycles. The Hall–Kier alpha value is -5.30. The zero-order chi connectivity index (χ0) is 46.3. The van der Waals surface area contributed by atoms with Crippen molar-refractivity contribution in [1.82, 2.24) is 31.2 Å². The lowest BCUT2D eigenvalue weighted by Gasteiger charge is -2.33. The zero-order valence-corrected chi connectivity index (χ0v) is 37.3. The SMILES string of the molecule is CC[C@H](C)[C@@H]1NC(=O)CNC(=O)C2CC(=O)C([C@@H](C)[C@@H](C)CC)NC(=O)[C@@H]3C[C@@H](O)CN3C(=O)[C@H](CC(N)=O)CC(=O)[C@H](CS(=O)c3[nH]c4ccccc4c3C2)NC(=O)CCC1=O. The highest BCUT2D eigenvalue weighted by Crippen LogP contribution is 2.32. The van der Waals surface area contributed by atoms with Gasteiger partial charge in [0.2, 0.25) is 35.4 Å². The Morgan fingerprint density at radius 2 is 1.57 bits per heavy atom. The molecule has 344 valence electrons. The van der Waals surface area contributed by atoms with Gasteiger partial charge >= 0.3 is 0 Å². The third kappa shape index (κ3) is 11.8. The minimum Gasteiger partial charge on any atom is -0.391 e. The Bertz CT molecular complexity index is 2140. The standard InChI is InChI=1S/C44H61N7O11S/c1-6-22(3)24(5)40-35(55)15-25-14-29-28-10-8-9-11-30(28)48-43(29)63(62)21-31(47-37(57)13-12-33(53)39(23(4)7-2)49-38(58)19-46-41(25)59)34(54)16-26(17-36(45)56)44(61)51-20-27(52)18-32(51)42(60)50-40/h8-11,22-27,31-32,39-40,48,52H,6-7,12-21H2,1-5H3,(H2,45,56)(H,46,59)(H,47,57)(H,49,58)(H,50,60)/t22-,23-,24-,25?,26-,27+,31-,32-,39-,40?,63?/m0/s1. The number of benzene rings is 1. The van der Waals surface area contributed by atoms with Gasteiger partial charge in [-0.3, -0.25) is 47.4 Å². The predicted molar refractivity (Wildman–Crippen MR) is 231 cm³/mol. The highest BCUT2D eigenvalue weighted by molar-refractivity contribution is 7.85.